The molecular formula is C20H16F3N3O3S. The first-order valence-electron chi connectivity index (χ1n) is 8.66. The van der Waals surface area contributed by atoms with E-state index >= 15 is 0 Å². The Labute approximate surface area is 173 Å². The number of carbonyl (C=O) groups excluding carboxylic acids is 2. The lowest BCUT2D eigenvalue weighted by Crippen LogP contribution is -2.18. The highest BCUT2D eigenvalue weighted by atomic mass is 32.1. The van der Waals surface area contributed by atoms with E-state index < -0.39 is 17.6 Å². The Morgan fingerprint density at radius 1 is 1.17 bits per heavy atom. The molecule has 2 amide bonds. The number of carbonyl (C=O) groups is 2. The maximum absolute atomic E-state index is 12.6. The standard InChI is InChI=1S/C20H16F3N3O3S/c1-12(27)24-10-15-7-8-17(29-15)16-11-30-19(25-16)26-18(28)9-4-13-2-5-14(6-3-13)20(21,22)23/h2-9,11H,10H2,1H3,(H,24,27)(H,25,26,28). The van der Waals surface area contributed by atoms with Gasteiger partial charge in [-0.25, -0.2) is 4.98 Å². The van der Waals surface area contributed by atoms with Gasteiger partial charge in [0, 0.05) is 18.4 Å². The highest BCUT2D eigenvalue weighted by molar-refractivity contribution is 7.14. The summed E-state index contributed by atoms with van der Waals surface area (Å²) in [5.41, 5.74) is 0.230. The summed E-state index contributed by atoms with van der Waals surface area (Å²) in [5, 5.41) is 7.26. The molecule has 0 aliphatic heterocycles. The fraction of sp³-hybridized carbons (Fsp3) is 0.150. The smallest absolute Gasteiger partial charge is 0.416 e. The molecular weight excluding hydrogens is 419 g/mol. The summed E-state index contributed by atoms with van der Waals surface area (Å²) in [5.74, 6) is 0.420. The molecule has 0 spiro atoms. The van der Waals surface area contributed by atoms with E-state index in [1.54, 1.807) is 17.5 Å². The first-order valence-corrected chi connectivity index (χ1v) is 9.54. The first-order chi connectivity index (χ1) is 14.2. The van der Waals surface area contributed by atoms with E-state index in [1.165, 1.54) is 42.5 Å². The van der Waals surface area contributed by atoms with Crippen molar-refractivity contribution in [1.82, 2.24) is 10.3 Å². The number of thiazole rings is 1. The average molecular weight is 435 g/mol. The van der Waals surface area contributed by atoms with Gasteiger partial charge in [0.15, 0.2) is 10.9 Å². The molecule has 0 radical (unpaired) electrons. The van der Waals surface area contributed by atoms with Crippen LogP contribution >= 0.6 is 11.3 Å². The number of halogens is 3. The molecule has 30 heavy (non-hydrogen) atoms. The molecule has 0 aliphatic rings. The molecule has 0 unspecified atom stereocenters. The fourth-order valence-corrected chi connectivity index (χ4v) is 3.07. The number of anilines is 1. The minimum atomic E-state index is -4.40. The van der Waals surface area contributed by atoms with Crippen LogP contribution in [0.4, 0.5) is 18.3 Å². The van der Waals surface area contributed by atoms with Crippen molar-refractivity contribution >= 4 is 34.4 Å². The normalized spacial score (nSPS) is 11.6. The lowest BCUT2D eigenvalue weighted by Gasteiger charge is -2.05. The number of alkyl halides is 3. The van der Waals surface area contributed by atoms with Crippen molar-refractivity contribution in [1.29, 1.82) is 0 Å². The Kier molecular flexibility index (Phi) is 6.36. The van der Waals surface area contributed by atoms with Gasteiger partial charge < -0.3 is 9.73 Å². The van der Waals surface area contributed by atoms with Gasteiger partial charge in [0.2, 0.25) is 11.8 Å². The van der Waals surface area contributed by atoms with Crippen molar-refractivity contribution in [3.63, 3.8) is 0 Å². The van der Waals surface area contributed by atoms with Crippen molar-refractivity contribution in [2.24, 2.45) is 0 Å². The molecule has 1 aromatic carbocycles. The molecule has 2 heterocycles. The van der Waals surface area contributed by atoms with Crippen molar-refractivity contribution in [2.45, 2.75) is 19.6 Å². The second kappa shape index (κ2) is 8.95. The molecule has 0 atom stereocenters. The Morgan fingerprint density at radius 2 is 1.90 bits per heavy atom. The van der Waals surface area contributed by atoms with Crippen LogP contribution in [0.5, 0.6) is 0 Å². The average Bonchev–Trinajstić information content (AvgIpc) is 3.33. The summed E-state index contributed by atoms with van der Waals surface area (Å²) in [4.78, 5) is 27.2. The van der Waals surface area contributed by atoms with Gasteiger partial charge in [0.1, 0.15) is 11.5 Å². The van der Waals surface area contributed by atoms with Crippen molar-refractivity contribution in [3.05, 3.63) is 64.7 Å². The van der Waals surface area contributed by atoms with E-state index in [4.69, 9.17) is 4.42 Å². The summed E-state index contributed by atoms with van der Waals surface area (Å²) < 4.78 is 43.3. The predicted molar refractivity (Wildman–Crippen MR) is 106 cm³/mol. The van der Waals surface area contributed by atoms with E-state index in [1.807, 2.05) is 0 Å². The first kappa shape index (κ1) is 21.3. The Hall–Kier alpha value is -3.40. The van der Waals surface area contributed by atoms with E-state index in [0.29, 0.717) is 27.9 Å². The van der Waals surface area contributed by atoms with Gasteiger partial charge >= 0.3 is 6.18 Å². The fourth-order valence-electron chi connectivity index (χ4n) is 2.37. The lowest BCUT2D eigenvalue weighted by atomic mass is 10.1. The monoisotopic (exact) mass is 435 g/mol. The molecule has 3 rings (SSSR count). The molecule has 0 saturated carbocycles. The Bertz CT molecular complexity index is 1070. The lowest BCUT2D eigenvalue weighted by molar-refractivity contribution is -0.137. The molecule has 156 valence electrons. The zero-order chi connectivity index (χ0) is 21.7. The minimum absolute atomic E-state index is 0.170. The van der Waals surface area contributed by atoms with Crippen molar-refractivity contribution in [3.8, 4) is 11.5 Å². The molecule has 3 aromatic rings. The second-order valence-corrected chi connectivity index (χ2v) is 7.01. The number of nitrogens with zero attached hydrogens (tertiary/aromatic N) is 1. The molecule has 0 fully saturated rings. The molecule has 10 heteroatoms. The van der Waals surface area contributed by atoms with Crippen LogP contribution in [0.2, 0.25) is 0 Å². The van der Waals surface area contributed by atoms with E-state index in [0.717, 1.165) is 12.1 Å². The molecule has 2 N–H and O–H groups in total. The summed E-state index contributed by atoms with van der Waals surface area (Å²) in [6.07, 6.45) is -1.78. The van der Waals surface area contributed by atoms with E-state index in [-0.39, 0.29) is 12.5 Å². The maximum Gasteiger partial charge on any atom is 0.416 e. The molecule has 0 bridgehead atoms. The van der Waals surface area contributed by atoms with Gasteiger partial charge in [-0.15, -0.1) is 11.3 Å². The molecule has 6 nitrogen and oxygen atoms in total. The van der Waals surface area contributed by atoms with Crippen LogP contribution < -0.4 is 10.6 Å². The SMILES string of the molecule is CC(=O)NCc1ccc(-c2csc(NC(=O)C=Cc3ccc(C(F)(F)F)cc3)n2)o1. The molecule has 0 aliphatic carbocycles. The van der Waals surface area contributed by atoms with Crippen LogP contribution in [-0.4, -0.2) is 16.8 Å². The largest absolute Gasteiger partial charge is 0.458 e. The number of benzene rings is 1. The number of hydrogen-bond acceptors (Lipinski definition) is 5. The van der Waals surface area contributed by atoms with Gasteiger partial charge in [-0.05, 0) is 35.9 Å². The van der Waals surface area contributed by atoms with Gasteiger partial charge in [-0.2, -0.15) is 13.2 Å². The number of hydrogen-bond donors (Lipinski definition) is 2. The third kappa shape index (κ3) is 5.80. The van der Waals surface area contributed by atoms with Crippen LogP contribution in [-0.2, 0) is 22.3 Å². The Balaban J connectivity index is 1.58. The van der Waals surface area contributed by atoms with E-state index in [9.17, 15) is 22.8 Å². The number of nitrogens with one attached hydrogen (secondary N) is 2. The van der Waals surface area contributed by atoms with Gasteiger partial charge in [0.25, 0.3) is 0 Å². The second-order valence-electron chi connectivity index (χ2n) is 6.16. The molecule has 0 saturated heterocycles. The van der Waals surface area contributed by atoms with Gasteiger partial charge in [-0.1, -0.05) is 12.1 Å². The third-order valence-electron chi connectivity index (χ3n) is 3.83. The summed E-state index contributed by atoms with van der Waals surface area (Å²) >= 11 is 1.19. The van der Waals surface area contributed by atoms with Crippen LogP contribution in [0.3, 0.4) is 0 Å². The maximum atomic E-state index is 12.6. The van der Waals surface area contributed by atoms with Crippen molar-refractivity contribution < 1.29 is 27.2 Å². The highest BCUT2D eigenvalue weighted by Gasteiger charge is 2.29. The summed E-state index contributed by atoms with van der Waals surface area (Å²) in [6.45, 7) is 1.67. The van der Waals surface area contributed by atoms with Crippen LogP contribution in [0.25, 0.3) is 17.5 Å². The van der Waals surface area contributed by atoms with E-state index in [2.05, 4.69) is 15.6 Å². The highest BCUT2D eigenvalue weighted by Crippen LogP contribution is 2.29. The minimum Gasteiger partial charge on any atom is -0.458 e. The van der Waals surface area contributed by atoms with Crippen LogP contribution in [0.1, 0.15) is 23.8 Å². The number of rotatable bonds is 6. The third-order valence-corrected chi connectivity index (χ3v) is 4.58. The summed E-state index contributed by atoms with van der Waals surface area (Å²) in [6, 6.07) is 7.90. The zero-order valence-electron chi connectivity index (χ0n) is 15.6. The van der Waals surface area contributed by atoms with Crippen molar-refractivity contribution in [2.75, 3.05) is 5.32 Å². The Morgan fingerprint density at radius 3 is 2.57 bits per heavy atom. The van der Waals surface area contributed by atoms with Gasteiger partial charge in [0.05, 0.1) is 12.1 Å². The quantitative estimate of drug-likeness (QED) is 0.550. The van der Waals surface area contributed by atoms with Crippen LogP contribution in [0, 0.1) is 0 Å². The topological polar surface area (TPSA) is 84.2 Å². The molecule has 2 aromatic heterocycles. The number of aromatic nitrogens is 1. The number of amides is 2. The summed E-state index contributed by atoms with van der Waals surface area (Å²) in [7, 11) is 0. The van der Waals surface area contributed by atoms with Gasteiger partial charge in [-0.3, -0.25) is 14.9 Å². The zero-order valence-corrected chi connectivity index (χ0v) is 16.4. The number of furan rings is 1. The van der Waals surface area contributed by atoms with Crippen LogP contribution in [0.15, 0.2) is 52.3 Å². The predicted octanol–water partition coefficient (Wildman–Crippen LogP) is 4.71.